The predicted octanol–water partition coefficient (Wildman–Crippen LogP) is 2.29. The van der Waals surface area contributed by atoms with E-state index in [2.05, 4.69) is 15.0 Å². The summed E-state index contributed by atoms with van der Waals surface area (Å²) in [6, 6.07) is 6.40. The second kappa shape index (κ2) is 5.74. The first-order valence-corrected chi connectivity index (χ1v) is 9.07. The van der Waals surface area contributed by atoms with E-state index in [0.717, 1.165) is 30.8 Å². The Balaban J connectivity index is 1.57. The fraction of sp³-hybridized carbons (Fsp3) is 0.421. The molecule has 5 rings (SSSR count). The zero-order valence-electron chi connectivity index (χ0n) is 14.6. The van der Waals surface area contributed by atoms with Gasteiger partial charge < -0.3 is 10.6 Å². The molecule has 0 bridgehead atoms. The number of hydrogen-bond donors (Lipinski definition) is 1. The molecular weight excluding hydrogens is 331 g/mol. The van der Waals surface area contributed by atoms with Crippen LogP contribution in [0.15, 0.2) is 30.5 Å². The summed E-state index contributed by atoms with van der Waals surface area (Å²) in [6.45, 7) is 4.66. The number of nitrogens with zero attached hydrogens (tertiary/aromatic N) is 5. The molecular formula is C19H21FN6. The number of aromatic nitrogens is 4. The molecule has 26 heavy (non-hydrogen) atoms. The van der Waals surface area contributed by atoms with E-state index in [9.17, 15) is 4.39 Å². The van der Waals surface area contributed by atoms with Gasteiger partial charge in [-0.05, 0) is 55.8 Å². The second-order valence-corrected chi connectivity index (χ2v) is 7.43. The molecule has 2 fully saturated rings. The summed E-state index contributed by atoms with van der Waals surface area (Å²) in [7, 11) is 0. The Morgan fingerprint density at radius 2 is 2.15 bits per heavy atom. The van der Waals surface area contributed by atoms with Crippen LogP contribution in [0.4, 0.5) is 10.2 Å². The van der Waals surface area contributed by atoms with Crippen molar-refractivity contribution in [1.29, 1.82) is 0 Å². The van der Waals surface area contributed by atoms with Crippen LogP contribution in [0.2, 0.25) is 0 Å². The van der Waals surface area contributed by atoms with Crippen molar-refractivity contribution in [3.8, 4) is 5.69 Å². The first-order chi connectivity index (χ1) is 12.6. The molecule has 7 heteroatoms. The van der Waals surface area contributed by atoms with Crippen molar-refractivity contribution >= 4 is 16.9 Å². The molecule has 3 unspecified atom stereocenters. The topological polar surface area (TPSA) is 72.9 Å². The number of halogens is 1. The summed E-state index contributed by atoms with van der Waals surface area (Å²) >= 11 is 0. The molecule has 3 heterocycles. The molecule has 2 aliphatic rings. The highest BCUT2D eigenvalue weighted by Gasteiger charge is 2.46. The van der Waals surface area contributed by atoms with Gasteiger partial charge in [0.2, 0.25) is 0 Å². The fourth-order valence-electron chi connectivity index (χ4n) is 4.53. The van der Waals surface area contributed by atoms with Crippen LogP contribution in [0.1, 0.15) is 12.2 Å². The molecule has 0 radical (unpaired) electrons. The molecule has 1 aromatic carbocycles. The van der Waals surface area contributed by atoms with E-state index in [1.165, 1.54) is 18.6 Å². The summed E-state index contributed by atoms with van der Waals surface area (Å²) in [6.07, 6.45) is 3.00. The van der Waals surface area contributed by atoms with E-state index in [0.29, 0.717) is 34.9 Å². The highest BCUT2D eigenvalue weighted by Crippen LogP contribution is 2.46. The Hall–Kier alpha value is -2.54. The quantitative estimate of drug-likeness (QED) is 0.783. The first kappa shape index (κ1) is 15.7. The van der Waals surface area contributed by atoms with Crippen molar-refractivity contribution in [3.63, 3.8) is 0 Å². The molecule has 2 N–H and O–H groups in total. The van der Waals surface area contributed by atoms with Gasteiger partial charge in [-0.15, -0.1) is 0 Å². The maximum atomic E-state index is 13.6. The lowest BCUT2D eigenvalue weighted by atomic mass is 9.67. The molecule has 0 amide bonds. The van der Waals surface area contributed by atoms with Crippen LogP contribution < -0.4 is 10.6 Å². The van der Waals surface area contributed by atoms with Gasteiger partial charge in [0.25, 0.3) is 0 Å². The molecule has 0 spiro atoms. The minimum atomic E-state index is -0.291. The van der Waals surface area contributed by atoms with Gasteiger partial charge in [-0.25, -0.2) is 19.0 Å². The van der Waals surface area contributed by atoms with E-state index in [1.807, 2.05) is 13.0 Å². The van der Waals surface area contributed by atoms with Crippen LogP contribution >= 0.6 is 0 Å². The third-order valence-electron chi connectivity index (χ3n) is 5.88. The van der Waals surface area contributed by atoms with Crippen molar-refractivity contribution < 1.29 is 4.39 Å². The Morgan fingerprint density at radius 3 is 2.96 bits per heavy atom. The number of hydrogen-bond acceptors (Lipinski definition) is 5. The average Bonchev–Trinajstić information content (AvgIpc) is 3.17. The van der Waals surface area contributed by atoms with E-state index in [4.69, 9.17) is 10.7 Å². The lowest BCUT2D eigenvalue weighted by Gasteiger charge is -2.38. The standard InChI is InChI=1S/C19H21FN6/c1-11-23-18(25-9-13-5-12(7-21)17(13)10-25)16-8-22-26(19(16)24-11)15-4-2-3-14(20)6-15/h2-4,6,8,12-13,17H,5,7,9-10,21H2,1H3. The molecule has 3 aromatic rings. The van der Waals surface area contributed by atoms with Crippen molar-refractivity contribution in [1.82, 2.24) is 19.7 Å². The second-order valence-electron chi connectivity index (χ2n) is 7.43. The summed E-state index contributed by atoms with van der Waals surface area (Å²) in [5, 5.41) is 5.37. The molecule has 134 valence electrons. The van der Waals surface area contributed by atoms with Crippen LogP contribution in [0.3, 0.4) is 0 Å². The van der Waals surface area contributed by atoms with Gasteiger partial charge in [-0.3, -0.25) is 0 Å². The highest BCUT2D eigenvalue weighted by molar-refractivity contribution is 5.88. The van der Waals surface area contributed by atoms with Crippen LogP contribution in [-0.2, 0) is 0 Å². The van der Waals surface area contributed by atoms with Gasteiger partial charge in [-0.2, -0.15) is 5.10 Å². The van der Waals surface area contributed by atoms with Crippen molar-refractivity contribution in [3.05, 3.63) is 42.1 Å². The Morgan fingerprint density at radius 1 is 1.27 bits per heavy atom. The van der Waals surface area contributed by atoms with Gasteiger partial charge in [0, 0.05) is 13.1 Å². The minimum absolute atomic E-state index is 0.291. The number of benzene rings is 1. The summed E-state index contributed by atoms with van der Waals surface area (Å²) in [4.78, 5) is 11.6. The number of anilines is 1. The van der Waals surface area contributed by atoms with Crippen LogP contribution in [0.25, 0.3) is 16.7 Å². The zero-order valence-corrected chi connectivity index (χ0v) is 14.6. The van der Waals surface area contributed by atoms with Crippen molar-refractivity contribution in [2.75, 3.05) is 24.5 Å². The molecule has 2 aromatic heterocycles. The van der Waals surface area contributed by atoms with Crippen LogP contribution in [-0.4, -0.2) is 39.4 Å². The van der Waals surface area contributed by atoms with Gasteiger partial charge in [-0.1, -0.05) is 6.07 Å². The normalized spacial score (nSPS) is 24.7. The van der Waals surface area contributed by atoms with E-state index in [1.54, 1.807) is 16.9 Å². The highest BCUT2D eigenvalue weighted by atomic mass is 19.1. The molecule has 6 nitrogen and oxygen atoms in total. The van der Waals surface area contributed by atoms with E-state index < -0.39 is 0 Å². The monoisotopic (exact) mass is 352 g/mol. The lowest BCUT2D eigenvalue weighted by molar-refractivity contribution is 0.129. The summed E-state index contributed by atoms with van der Waals surface area (Å²) < 4.78 is 15.3. The zero-order chi connectivity index (χ0) is 17.8. The Kier molecular flexibility index (Phi) is 3.46. The van der Waals surface area contributed by atoms with Crippen LogP contribution in [0, 0.1) is 30.5 Å². The third-order valence-corrected chi connectivity index (χ3v) is 5.88. The first-order valence-electron chi connectivity index (χ1n) is 9.07. The van der Waals surface area contributed by atoms with Crippen molar-refractivity contribution in [2.45, 2.75) is 13.3 Å². The smallest absolute Gasteiger partial charge is 0.168 e. The third kappa shape index (κ3) is 2.30. The van der Waals surface area contributed by atoms with Crippen LogP contribution in [0.5, 0.6) is 0 Å². The number of aryl methyl sites for hydroxylation is 1. The van der Waals surface area contributed by atoms with E-state index in [-0.39, 0.29) is 5.82 Å². The molecule has 3 atom stereocenters. The molecule has 1 aliphatic carbocycles. The fourth-order valence-corrected chi connectivity index (χ4v) is 4.53. The van der Waals surface area contributed by atoms with Gasteiger partial charge in [0.05, 0.1) is 17.3 Å². The van der Waals surface area contributed by atoms with Gasteiger partial charge in [0.15, 0.2) is 5.65 Å². The molecule has 1 saturated heterocycles. The lowest BCUT2D eigenvalue weighted by Crippen LogP contribution is -2.39. The molecule has 1 aliphatic heterocycles. The van der Waals surface area contributed by atoms with E-state index >= 15 is 0 Å². The predicted molar refractivity (Wildman–Crippen MR) is 97.7 cm³/mol. The number of fused-ring (bicyclic) bond motifs is 2. The maximum Gasteiger partial charge on any atom is 0.168 e. The Labute approximate surface area is 150 Å². The minimum Gasteiger partial charge on any atom is -0.355 e. The SMILES string of the molecule is Cc1nc(N2CC3CC(CN)C3C2)c2cnn(-c3cccc(F)c3)c2n1. The van der Waals surface area contributed by atoms with Gasteiger partial charge in [0.1, 0.15) is 17.5 Å². The average molecular weight is 352 g/mol. The Bertz CT molecular complexity index is 983. The maximum absolute atomic E-state index is 13.6. The number of nitrogens with two attached hydrogens (primary N) is 1. The number of rotatable bonds is 3. The summed E-state index contributed by atoms with van der Waals surface area (Å²) in [5.74, 6) is 3.36. The summed E-state index contributed by atoms with van der Waals surface area (Å²) in [5.41, 5.74) is 7.26. The van der Waals surface area contributed by atoms with Crippen molar-refractivity contribution in [2.24, 2.45) is 23.5 Å². The molecule has 1 saturated carbocycles. The van der Waals surface area contributed by atoms with Gasteiger partial charge >= 0.3 is 0 Å². The largest absolute Gasteiger partial charge is 0.355 e.